The van der Waals surface area contributed by atoms with Gasteiger partial charge in [-0.3, -0.25) is 0 Å². The molecule has 2 aliphatic heterocycles. The molecule has 4 rings (SSSR count). The van der Waals surface area contributed by atoms with Crippen molar-refractivity contribution in [1.29, 1.82) is 0 Å². The average Bonchev–Trinajstić information content (AvgIpc) is 2.67. The molecule has 1 atom stereocenters. The molecule has 0 radical (unpaired) electrons. The van der Waals surface area contributed by atoms with Crippen LogP contribution in [0.25, 0.3) is 10.8 Å². The standard InChI is InChI=1S/C21H29N3O.2ClH/c25-21(7-9-22-10-8-21)20(16-24-13-11-23-12-14-24)19-6-5-17-3-1-2-4-18(17)15-19;;/h1-6,15,20,22-23,25H,7-14,16H2;2*1H. The molecular weight excluding hydrogens is 381 g/mol. The maximum absolute atomic E-state index is 11.5. The van der Waals surface area contributed by atoms with Crippen molar-refractivity contribution in [2.24, 2.45) is 0 Å². The van der Waals surface area contributed by atoms with Crippen molar-refractivity contribution in [2.45, 2.75) is 24.4 Å². The molecule has 27 heavy (non-hydrogen) atoms. The van der Waals surface area contributed by atoms with Crippen LogP contribution in [0.4, 0.5) is 0 Å². The van der Waals surface area contributed by atoms with Crippen LogP contribution in [0.2, 0.25) is 0 Å². The Hall–Kier alpha value is -0.880. The Morgan fingerprint density at radius 1 is 0.889 bits per heavy atom. The normalized spacial score (nSPS) is 21.1. The van der Waals surface area contributed by atoms with E-state index in [-0.39, 0.29) is 30.7 Å². The number of hydrogen-bond donors (Lipinski definition) is 3. The number of aliphatic hydroxyl groups is 1. The fourth-order valence-corrected chi connectivity index (χ4v) is 4.37. The topological polar surface area (TPSA) is 47.5 Å². The van der Waals surface area contributed by atoms with Gasteiger partial charge in [-0.1, -0.05) is 42.5 Å². The molecule has 2 aromatic rings. The smallest absolute Gasteiger partial charge is 0.0752 e. The minimum Gasteiger partial charge on any atom is -0.389 e. The molecule has 0 bridgehead atoms. The molecule has 0 saturated carbocycles. The second-order valence-electron chi connectivity index (χ2n) is 7.56. The number of halogens is 2. The minimum absolute atomic E-state index is 0. The molecule has 0 aromatic heterocycles. The summed E-state index contributed by atoms with van der Waals surface area (Å²) in [6, 6.07) is 15.2. The third-order valence-electron chi connectivity index (χ3n) is 5.94. The Morgan fingerprint density at radius 2 is 1.52 bits per heavy atom. The van der Waals surface area contributed by atoms with Gasteiger partial charge in [0, 0.05) is 38.6 Å². The second kappa shape index (κ2) is 10.1. The summed E-state index contributed by atoms with van der Waals surface area (Å²) in [5.41, 5.74) is 0.667. The van der Waals surface area contributed by atoms with Crippen LogP contribution in [0, 0.1) is 0 Å². The van der Waals surface area contributed by atoms with Crippen LogP contribution >= 0.6 is 24.8 Å². The maximum Gasteiger partial charge on any atom is 0.0752 e. The molecule has 0 spiro atoms. The van der Waals surface area contributed by atoms with E-state index in [2.05, 4.69) is 58.0 Å². The fraction of sp³-hybridized carbons (Fsp3) is 0.524. The number of fused-ring (bicyclic) bond motifs is 1. The molecule has 2 saturated heterocycles. The summed E-state index contributed by atoms with van der Waals surface area (Å²) >= 11 is 0. The molecule has 3 N–H and O–H groups in total. The first-order valence-electron chi connectivity index (χ1n) is 9.59. The predicted octanol–water partition coefficient (Wildman–Crippen LogP) is 2.79. The van der Waals surface area contributed by atoms with Gasteiger partial charge in [0.25, 0.3) is 0 Å². The van der Waals surface area contributed by atoms with Gasteiger partial charge in [0.2, 0.25) is 0 Å². The number of nitrogens with one attached hydrogen (secondary N) is 2. The first kappa shape index (κ1) is 22.4. The quantitative estimate of drug-likeness (QED) is 0.723. The lowest BCUT2D eigenvalue weighted by Crippen LogP contribution is -2.52. The summed E-state index contributed by atoms with van der Waals surface area (Å²) in [7, 11) is 0. The zero-order valence-electron chi connectivity index (χ0n) is 15.7. The van der Waals surface area contributed by atoms with E-state index in [0.717, 1.165) is 58.7 Å². The van der Waals surface area contributed by atoms with E-state index in [9.17, 15) is 5.11 Å². The molecule has 0 aliphatic carbocycles. The van der Waals surface area contributed by atoms with Gasteiger partial charge in [-0.15, -0.1) is 24.8 Å². The Bertz CT molecular complexity index is 715. The van der Waals surface area contributed by atoms with Crippen molar-refractivity contribution in [2.75, 3.05) is 45.8 Å². The number of hydrogen-bond acceptors (Lipinski definition) is 4. The Balaban J connectivity index is 0.00000131. The first-order valence-corrected chi connectivity index (χ1v) is 9.59. The zero-order valence-corrected chi connectivity index (χ0v) is 17.3. The number of piperazine rings is 1. The molecule has 2 fully saturated rings. The molecule has 0 amide bonds. The van der Waals surface area contributed by atoms with Gasteiger partial charge in [0.1, 0.15) is 0 Å². The molecule has 6 heteroatoms. The summed E-state index contributed by atoms with van der Waals surface area (Å²) in [5.74, 6) is 0.164. The molecule has 150 valence electrons. The van der Waals surface area contributed by atoms with Gasteiger partial charge in [-0.05, 0) is 42.3 Å². The monoisotopic (exact) mass is 411 g/mol. The SMILES string of the molecule is Cl.Cl.OC1(C(CN2CCNCC2)c2ccc3ccccc3c2)CCNCC1. The first-order chi connectivity index (χ1) is 12.2. The highest BCUT2D eigenvalue weighted by atomic mass is 35.5. The van der Waals surface area contributed by atoms with Gasteiger partial charge in [-0.25, -0.2) is 0 Å². The summed E-state index contributed by atoms with van der Waals surface area (Å²) < 4.78 is 0. The second-order valence-corrected chi connectivity index (χ2v) is 7.56. The van der Waals surface area contributed by atoms with Crippen LogP contribution in [0.15, 0.2) is 42.5 Å². The van der Waals surface area contributed by atoms with Gasteiger partial charge in [0.05, 0.1) is 5.60 Å². The number of rotatable bonds is 4. The predicted molar refractivity (Wildman–Crippen MR) is 118 cm³/mol. The lowest BCUT2D eigenvalue weighted by Gasteiger charge is -2.42. The molecule has 4 nitrogen and oxygen atoms in total. The van der Waals surface area contributed by atoms with E-state index < -0.39 is 5.60 Å². The number of piperidine rings is 1. The molecule has 1 unspecified atom stereocenters. The van der Waals surface area contributed by atoms with Crippen molar-refractivity contribution >= 4 is 35.6 Å². The van der Waals surface area contributed by atoms with Crippen LogP contribution in [0.3, 0.4) is 0 Å². The lowest BCUT2D eigenvalue weighted by molar-refractivity contribution is -0.0261. The van der Waals surface area contributed by atoms with Crippen LogP contribution in [-0.4, -0.2) is 61.4 Å². The van der Waals surface area contributed by atoms with Crippen molar-refractivity contribution in [3.8, 4) is 0 Å². The van der Waals surface area contributed by atoms with E-state index in [1.807, 2.05) is 0 Å². The summed E-state index contributed by atoms with van der Waals surface area (Å²) in [6.45, 7) is 6.98. The Morgan fingerprint density at radius 3 is 2.22 bits per heavy atom. The van der Waals surface area contributed by atoms with Crippen LogP contribution in [0.5, 0.6) is 0 Å². The van der Waals surface area contributed by atoms with Gasteiger partial charge >= 0.3 is 0 Å². The fourth-order valence-electron chi connectivity index (χ4n) is 4.37. The van der Waals surface area contributed by atoms with Gasteiger partial charge < -0.3 is 20.6 Å². The van der Waals surface area contributed by atoms with Crippen molar-refractivity contribution in [1.82, 2.24) is 15.5 Å². The molecule has 2 heterocycles. The van der Waals surface area contributed by atoms with Gasteiger partial charge in [-0.2, -0.15) is 0 Å². The van der Waals surface area contributed by atoms with Gasteiger partial charge in [0.15, 0.2) is 0 Å². The van der Waals surface area contributed by atoms with Crippen LogP contribution < -0.4 is 10.6 Å². The van der Waals surface area contributed by atoms with Crippen molar-refractivity contribution in [3.63, 3.8) is 0 Å². The third-order valence-corrected chi connectivity index (χ3v) is 5.94. The minimum atomic E-state index is -0.613. The van der Waals surface area contributed by atoms with E-state index >= 15 is 0 Å². The third kappa shape index (κ3) is 5.14. The van der Waals surface area contributed by atoms with E-state index in [0.29, 0.717) is 0 Å². The maximum atomic E-state index is 11.5. The van der Waals surface area contributed by atoms with Crippen LogP contribution in [0.1, 0.15) is 24.3 Å². The highest BCUT2D eigenvalue weighted by Gasteiger charge is 2.39. The average molecular weight is 412 g/mol. The molecule has 2 aliphatic rings. The Labute approximate surface area is 174 Å². The van der Waals surface area contributed by atoms with Crippen molar-refractivity contribution < 1.29 is 5.11 Å². The molecule has 2 aromatic carbocycles. The highest BCUT2D eigenvalue weighted by molar-refractivity contribution is 5.85. The van der Waals surface area contributed by atoms with E-state index in [1.54, 1.807) is 0 Å². The Kier molecular flexibility index (Phi) is 8.35. The van der Waals surface area contributed by atoms with E-state index in [4.69, 9.17) is 0 Å². The number of nitrogens with zero attached hydrogens (tertiary/aromatic N) is 1. The van der Waals surface area contributed by atoms with Crippen molar-refractivity contribution in [3.05, 3.63) is 48.0 Å². The number of benzene rings is 2. The summed E-state index contributed by atoms with van der Waals surface area (Å²) in [5, 5.41) is 20.9. The van der Waals surface area contributed by atoms with E-state index in [1.165, 1.54) is 16.3 Å². The van der Waals surface area contributed by atoms with Crippen LogP contribution in [-0.2, 0) is 0 Å². The largest absolute Gasteiger partial charge is 0.389 e. The summed E-state index contributed by atoms with van der Waals surface area (Å²) in [6.07, 6.45) is 1.66. The highest BCUT2D eigenvalue weighted by Crippen LogP contribution is 2.37. The zero-order chi connectivity index (χ0) is 17.1. The lowest BCUT2D eigenvalue weighted by atomic mass is 9.75. The molecular formula is C21H31Cl2N3O. The summed E-state index contributed by atoms with van der Waals surface area (Å²) in [4.78, 5) is 2.51.